The first-order valence-corrected chi connectivity index (χ1v) is 14.2. The van der Waals surface area contributed by atoms with Gasteiger partial charge in [0.25, 0.3) is 0 Å². The molecule has 0 fully saturated rings. The molecule has 9 aromatic rings. The highest BCUT2D eigenvalue weighted by Crippen LogP contribution is 2.38. The molecule has 0 aliphatic heterocycles. The van der Waals surface area contributed by atoms with Crippen LogP contribution in [0.3, 0.4) is 0 Å². The number of furan rings is 1. The monoisotopic (exact) mass is 585 g/mol. The molecule has 0 aliphatic rings. The molecule has 2 aromatic heterocycles. The third-order valence-electron chi connectivity index (χ3n) is 7.88. The molecule has 2 heterocycles. The lowest BCUT2D eigenvalue weighted by atomic mass is 9.93. The maximum absolute atomic E-state index is 9.02. The molecular formula is C41H25N3O. The van der Waals surface area contributed by atoms with E-state index in [0.717, 1.165) is 32.7 Å². The molecule has 0 amide bonds. The van der Waals surface area contributed by atoms with Gasteiger partial charge >= 0.3 is 0 Å². The number of hydrogen-bond acceptors (Lipinski definition) is 4. The van der Waals surface area contributed by atoms with E-state index in [1.807, 2.05) is 48.5 Å². The van der Waals surface area contributed by atoms with E-state index >= 15 is 0 Å². The SMILES string of the molecule is [2H]c1cc2c(oc3c([2H])cc([2H])c(-c4nc(-c5ccc(-c6cc7ccccc7c7ccccc67)cc5)nc(-c5c([2H])c([2H])c([2H])c([2H])c5[2H])n4)c32)c([2H])c1[2H]. The van der Waals surface area contributed by atoms with Crippen molar-refractivity contribution in [2.75, 3.05) is 0 Å². The molecule has 7 aromatic carbocycles. The van der Waals surface area contributed by atoms with Gasteiger partial charge in [-0.1, -0.05) is 133 Å². The summed E-state index contributed by atoms with van der Waals surface area (Å²) in [6.07, 6.45) is 0. The summed E-state index contributed by atoms with van der Waals surface area (Å²) in [4.78, 5) is 14.0. The van der Waals surface area contributed by atoms with E-state index in [1.165, 1.54) is 12.1 Å². The maximum Gasteiger partial charge on any atom is 0.164 e. The van der Waals surface area contributed by atoms with E-state index in [1.54, 1.807) is 0 Å². The number of fused-ring (bicyclic) bond motifs is 6. The molecular weight excluding hydrogens is 550 g/mol. The Morgan fingerprint density at radius 3 is 1.98 bits per heavy atom. The van der Waals surface area contributed by atoms with E-state index in [4.69, 9.17) is 23.1 Å². The standard InChI is InChI=1S/C41H25N3O/c1-2-11-27(12-3-1)39-42-40(44-41(43-39)34-18-10-20-37-38(34)33-17-8-9-19-36(33)45-37)28-23-21-26(22-24-28)35-25-29-13-4-5-14-30(29)31-15-6-7-16-32(31)35/h1-25H/i1D,2D,3D,8D,9D,11D,12D,18D,19D,20D. The number of aromatic nitrogens is 3. The lowest BCUT2D eigenvalue weighted by molar-refractivity contribution is 0.669. The molecule has 9 rings (SSSR count). The van der Waals surface area contributed by atoms with Gasteiger partial charge in [0.15, 0.2) is 17.5 Å². The summed E-state index contributed by atoms with van der Waals surface area (Å²) < 4.78 is 90.8. The Morgan fingerprint density at radius 1 is 0.444 bits per heavy atom. The third kappa shape index (κ3) is 4.27. The summed E-state index contributed by atoms with van der Waals surface area (Å²) in [6.45, 7) is 0. The molecule has 0 spiro atoms. The van der Waals surface area contributed by atoms with E-state index in [-0.39, 0.29) is 80.8 Å². The zero-order valence-electron chi connectivity index (χ0n) is 33.4. The van der Waals surface area contributed by atoms with E-state index in [9.17, 15) is 0 Å². The first kappa shape index (κ1) is 17.2. The predicted octanol–water partition coefficient (Wildman–Crippen LogP) is 10.7. The van der Waals surface area contributed by atoms with Crippen molar-refractivity contribution in [3.63, 3.8) is 0 Å². The number of benzene rings is 7. The quantitative estimate of drug-likeness (QED) is 0.193. The van der Waals surface area contributed by atoms with Crippen LogP contribution < -0.4 is 0 Å². The summed E-state index contributed by atoms with van der Waals surface area (Å²) in [5, 5.41) is 4.78. The third-order valence-corrected chi connectivity index (χ3v) is 7.88. The van der Waals surface area contributed by atoms with Crippen LogP contribution in [-0.4, -0.2) is 15.0 Å². The lowest BCUT2D eigenvalue weighted by Gasteiger charge is -2.12. The van der Waals surface area contributed by atoms with Crippen molar-refractivity contribution in [3.05, 3.63) is 151 Å². The Kier molecular flexibility index (Phi) is 3.93. The van der Waals surface area contributed by atoms with Crippen LogP contribution in [-0.2, 0) is 0 Å². The van der Waals surface area contributed by atoms with Crippen LogP contribution >= 0.6 is 0 Å². The molecule has 0 unspecified atom stereocenters. The van der Waals surface area contributed by atoms with Crippen LogP contribution in [0.5, 0.6) is 0 Å². The lowest BCUT2D eigenvalue weighted by Crippen LogP contribution is -2.00. The molecule has 210 valence electrons. The minimum atomic E-state index is -0.581. The molecule has 0 saturated carbocycles. The zero-order chi connectivity index (χ0) is 38.4. The first-order chi connectivity index (χ1) is 26.4. The minimum Gasteiger partial charge on any atom is -0.456 e. The second-order valence-corrected chi connectivity index (χ2v) is 10.5. The second-order valence-electron chi connectivity index (χ2n) is 10.5. The van der Waals surface area contributed by atoms with Gasteiger partial charge in [0.1, 0.15) is 11.2 Å². The molecule has 0 radical (unpaired) electrons. The Labute approximate surface area is 273 Å². The molecule has 0 N–H and O–H groups in total. The molecule has 4 heteroatoms. The summed E-state index contributed by atoms with van der Waals surface area (Å²) in [5.41, 5.74) is 2.16. The van der Waals surface area contributed by atoms with Crippen molar-refractivity contribution in [1.29, 1.82) is 0 Å². The average molecular weight is 586 g/mol. The number of rotatable bonds is 4. The second kappa shape index (κ2) is 10.2. The molecule has 0 atom stereocenters. The Hall–Kier alpha value is -6.13. The van der Waals surface area contributed by atoms with E-state index in [2.05, 4.69) is 40.3 Å². The average Bonchev–Trinajstić information content (AvgIpc) is 3.57. The normalized spacial score (nSPS) is 14.7. The Balaban J connectivity index is 1.30. The zero-order valence-corrected chi connectivity index (χ0v) is 23.4. The number of para-hydroxylation sites is 1. The van der Waals surface area contributed by atoms with Crippen molar-refractivity contribution < 1.29 is 18.1 Å². The fraction of sp³-hybridized carbons (Fsp3) is 0. The van der Waals surface area contributed by atoms with Crippen LogP contribution in [0.2, 0.25) is 0 Å². The summed E-state index contributed by atoms with van der Waals surface area (Å²) in [5.74, 6) is -0.289. The number of nitrogens with zero attached hydrogens (tertiary/aromatic N) is 3. The predicted molar refractivity (Wildman–Crippen MR) is 184 cm³/mol. The highest BCUT2D eigenvalue weighted by molar-refractivity contribution is 6.14. The smallest absolute Gasteiger partial charge is 0.164 e. The molecule has 0 saturated heterocycles. The van der Waals surface area contributed by atoms with Crippen LogP contribution in [0.1, 0.15) is 13.7 Å². The van der Waals surface area contributed by atoms with Crippen molar-refractivity contribution in [2.45, 2.75) is 0 Å². The highest BCUT2D eigenvalue weighted by Gasteiger charge is 2.18. The van der Waals surface area contributed by atoms with Crippen molar-refractivity contribution >= 4 is 43.5 Å². The van der Waals surface area contributed by atoms with E-state index < -0.39 is 30.2 Å². The summed E-state index contributed by atoms with van der Waals surface area (Å²) in [6, 6.07) is 24.4. The van der Waals surface area contributed by atoms with Gasteiger partial charge in [-0.15, -0.1) is 0 Å². The van der Waals surface area contributed by atoms with Gasteiger partial charge in [0, 0.05) is 27.5 Å². The van der Waals surface area contributed by atoms with Crippen LogP contribution in [0.25, 0.3) is 88.8 Å². The van der Waals surface area contributed by atoms with Gasteiger partial charge in [-0.3, -0.25) is 0 Å². The molecule has 0 bridgehead atoms. The minimum absolute atomic E-state index is 0.0159. The van der Waals surface area contributed by atoms with Crippen molar-refractivity contribution in [2.24, 2.45) is 0 Å². The number of hydrogen-bond donors (Lipinski definition) is 0. The Morgan fingerprint density at radius 2 is 1.13 bits per heavy atom. The molecule has 45 heavy (non-hydrogen) atoms. The molecule has 0 aliphatic carbocycles. The fourth-order valence-corrected chi connectivity index (χ4v) is 5.83. The van der Waals surface area contributed by atoms with Crippen molar-refractivity contribution in [1.82, 2.24) is 15.0 Å². The first-order valence-electron chi connectivity index (χ1n) is 19.2. The maximum atomic E-state index is 9.02. The van der Waals surface area contributed by atoms with Crippen LogP contribution in [0.15, 0.2) is 156 Å². The van der Waals surface area contributed by atoms with Gasteiger partial charge in [0.05, 0.1) is 13.7 Å². The molecule has 4 nitrogen and oxygen atoms in total. The highest BCUT2D eigenvalue weighted by atomic mass is 16.3. The van der Waals surface area contributed by atoms with E-state index in [0.29, 0.717) is 5.56 Å². The van der Waals surface area contributed by atoms with Crippen LogP contribution in [0.4, 0.5) is 0 Å². The van der Waals surface area contributed by atoms with Crippen LogP contribution in [0, 0.1) is 0 Å². The Bertz CT molecular complexity index is 3080. The largest absolute Gasteiger partial charge is 0.456 e. The summed E-state index contributed by atoms with van der Waals surface area (Å²) in [7, 11) is 0. The fourth-order valence-electron chi connectivity index (χ4n) is 5.83. The topological polar surface area (TPSA) is 51.8 Å². The van der Waals surface area contributed by atoms with Gasteiger partial charge in [-0.2, -0.15) is 0 Å². The summed E-state index contributed by atoms with van der Waals surface area (Å²) >= 11 is 0. The van der Waals surface area contributed by atoms with Gasteiger partial charge < -0.3 is 4.42 Å². The van der Waals surface area contributed by atoms with Crippen molar-refractivity contribution in [3.8, 4) is 45.3 Å². The van der Waals surface area contributed by atoms with Gasteiger partial charge in [-0.25, -0.2) is 15.0 Å². The van der Waals surface area contributed by atoms with Gasteiger partial charge in [0.2, 0.25) is 0 Å². The van der Waals surface area contributed by atoms with Gasteiger partial charge in [-0.05, 0) is 50.8 Å².